The van der Waals surface area contributed by atoms with Gasteiger partial charge in [-0.15, -0.1) is 0 Å². The van der Waals surface area contributed by atoms with E-state index in [0.29, 0.717) is 11.3 Å². The Morgan fingerprint density at radius 2 is 2.06 bits per heavy atom. The summed E-state index contributed by atoms with van der Waals surface area (Å²) in [5.41, 5.74) is 0.00131. The quantitative estimate of drug-likeness (QED) is 0.838. The average molecular weight is 250 g/mol. The Morgan fingerprint density at radius 3 is 2.72 bits per heavy atom. The number of ether oxygens (including phenoxy) is 1. The average Bonchev–Trinajstić information content (AvgIpc) is 2.74. The zero-order valence-electron chi connectivity index (χ0n) is 10.3. The van der Waals surface area contributed by atoms with Gasteiger partial charge in [0, 0.05) is 0 Å². The number of aliphatic carboxylic acids is 1. The summed E-state index contributed by atoms with van der Waals surface area (Å²) in [5, 5.41) is 18.9. The number of rotatable bonds is 5. The van der Waals surface area contributed by atoms with Crippen molar-refractivity contribution < 1.29 is 19.7 Å². The monoisotopic (exact) mass is 250 g/mol. The summed E-state index contributed by atoms with van der Waals surface area (Å²) in [7, 11) is 0. The first kappa shape index (κ1) is 12.9. The Kier molecular flexibility index (Phi) is 3.87. The normalized spacial score (nSPS) is 17.6. The number of hydrogen-bond acceptors (Lipinski definition) is 3. The second-order valence-corrected chi connectivity index (χ2v) is 4.94. The van der Waals surface area contributed by atoms with Crippen LogP contribution in [0.2, 0.25) is 0 Å². The Labute approximate surface area is 106 Å². The van der Waals surface area contributed by atoms with Crippen LogP contribution in [-0.4, -0.2) is 28.4 Å². The van der Waals surface area contributed by atoms with Crippen LogP contribution >= 0.6 is 0 Å². The Balaban J connectivity index is 1.94. The van der Waals surface area contributed by atoms with Crippen molar-refractivity contribution in [2.45, 2.75) is 37.7 Å². The Bertz CT molecular complexity index is 422. The molecule has 0 aliphatic heterocycles. The predicted molar refractivity (Wildman–Crippen MR) is 66.7 cm³/mol. The lowest BCUT2D eigenvalue weighted by atomic mass is 10.0. The smallest absolute Gasteiger partial charge is 0.307 e. The van der Waals surface area contributed by atoms with Crippen LogP contribution in [0, 0.1) is 0 Å². The molecule has 4 heteroatoms. The maximum atomic E-state index is 10.6. The summed E-state index contributed by atoms with van der Waals surface area (Å²) < 4.78 is 5.57. The van der Waals surface area contributed by atoms with Gasteiger partial charge in [0.05, 0.1) is 12.0 Å². The number of carbonyl (C=O) groups is 1. The number of benzene rings is 1. The molecule has 0 spiro atoms. The summed E-state index contributed by atoms with van der Waals surface area (Å²) >= 11 is 0. The minimum Gasteiger partial charge on any atom is -0.491 e. The van der Waals surface area contributed by atoms with Gasteiger partial charge in [0.15, 0.2) is 0 Å². The van der Waals surface area contributed by atoms with E-state index < -0.39 is 11.6 Å². The van der Waals surface area contributed by atoms with Gasteiger partial charge in [0.25, 0.3) is 0 Å². The van der Waals surface area contributed by atoms with Gasteiger partial charge in [-0.3, -0.25) is 4.79 Å². The minimum absolute atomic E-state index is 0.0124. The Morgan fingerprint density at radius 1 is 1.33 bits per heavy atom. The van der Waals surface area contributed by atoms with Gasteiger partial charge in [0.1, 0.15) is 12.4 Å². The van der Waals surface area contributed by atoms with Crippen LogP contribution < -0.4 is 4.74 Å². The summed E-state index contributed by atoms with van der Waals surface area (Å²) in [5.74, 6) is -0.240. The summed E-state index contributed by atoms with van der Waals surface area (Å²) in [6, 6.07) is 7.02. The molecule has 1 fully saturated rings. The van der Waals surface area contributed by atoms with Crippen molar-refractivity contribution in [3.05, 3.63) is 29.8 Å². The molecule has 98 valence electrons. The second kappa shape index (κ2) is 5.40. The highest BCUT2D eigenvalue weighted by molar-refractivity contribution is 5.70. The lowest BCUT2D eigenvalue weighted by Crippen LogP contribution is -2.32. The van der Waals surface area contributed by atoms with E-state index in [1.54, 1.807) is 24.3 Å². The molecule has 0 atom stereocenters. The van der Waals surface area contributed by atoms with Gasteiger partial charge in [-0.05, 0) is 30.5 Å². The van der Waals surface area contributed by atoms with Crippen molar-refractivity contribution in [3.8, 4) is 5.75 Å². The fraction of sp³-hybridized carbons (Fsp3) is 0.500. The van der Waals surface area contributed by atoms with E-state index in [2.05, 4.69) is 0 Å². The van der Waals surface area contributed by atoms with Gasteiger partial charge in [-0.1, -0.05) is 25.0 Å². The van der Waals surface area contributed by atoms with Crippen molar-refractivity contribution in [1.82, 2.24) is 0 Å². The largest absolute Gasteiger partial charge is 0.491 e. The van der Waals surface area contributed by atoms with Crippen LogP contribution in [0.5, 0.6) is 5.75 Å². The zero-order valence-corrected chi connectivity index (χ0v) is 10.3. The molecular weight excluding hydrogens is 232 g/mol. The Hall–Kier alpha value is -1.55. The third kappa shape index (κ3) is 3.47. The lowest BCUT2D eigenvalue weighted by Gasteiger charge is -2.22. The molecule has 0 radical (unpaired) electrons. The van der Waals surface area contributed by atoms with Crippen LogP contribution in [0.25, 0.3) is 0 Å². The number of carboxylic acids is 1. The van der Waals surface area contributed by atoms with Crippen molar-refractivity contribution in [1.29, 1.82) is 0 Å². The molecule has 0 heterocycles. The van der Waals surface area contributed by atoms with Gasteiger partial charge in [-0.25, -0.2) is 0 Å². The van der Waals surface area contributed by atoms with Crippen LogP contribution in [-0.2, 0) is 11.2 Å². The van der Waals surface area contributed by atoms with Crippen molar-refractivity contribution in [2.24, 2.45) is 0 Å². The molecule has 1 aromatic carbocycles. The molecule has 1 aliphatic carbocycles. The summed E-state index contributed by atoms with van der Waals surface area (Å²) in [6.07, 6.45) is 3.63. The van der Waals surface area contributed by atoms with Gasteiger partial charge in [0.2, 0.25) is 0 Å². The van der Waals surface area contributed by atoms with Gasteiger partial charge >= 0.3 is 5.97 Å². The maximum Gasteiger partial charge on any atom is 0.307 e. The highest BCUT2D eigenvalue weighted by Crippen LogP contribution is 2.30. The lowest BCUT2D eigenvalue weighted by molar-refractivity contribution is -0.136. The van der Waals surface area contributed by atoms with Crippen LogP contribution in [0.1, 0.15) is 31.2 Å². The van der Waals surface area contributed by atoms with E-state index in [9.17, 15) is 9.90 Å². The molecular formula is C14H18O4. The molecule has 0 unspecified atom stereocenters. The highest BCUT2D eigenvalue weighted by Gasteiger charge is 2.31. The molecule has 2 N–H and O–H groups in total. The third-order valence-electron chi connectivity index (χ3n) is 3.30. The molecule has 0 amide bonds. The fourth-order valence-corrected chi connectivity index (χ4v) is 2.31. The molecule has 0 saturated heterocycles. The zero-order chi connectivity index (χ0) is 13.0. The molecule has 0 aromatic heterocycles. The van der Waals surface area contributed by atoms with E-state index in [-0.39, 0.29) is 13.0 Å². The molecule has 1 aliphatic rings. The number of hydrogen-bond donors (Lipinski definition) is 2. The molecule has 4 nitrogen and oxygen atoms in total. The summed E-state index contributed by atoms with van der Waals surface area (Å²) in [4.78, 5) is 10.6. The highest BCUT2D eigenvalue weighted by atomic mass is 16.5. The molecule has 1 aromatic rings. The second-order valence-electron chi connectivity index (χ2n) is 4.94. The standard InChI is InChI=1S/C14H18O4/c15-13(16)9-11-4-3-5-12(8-11)18-10-14(17)6-1-2-7-14/h3-5,8,17H,1-2,6-7,9-10H2,(H,15,16). The van der Waals surface area contributed by atoms with Crippen LogP contribution in [0.15, 0.2) is 24.3 Å². The molecule has 2 rings (SSSR count). The first-order valence-corrected chi connectivity index (χ1v) is 6.23. The minimum atomic E-state index is -0.860. The first-order chi connectivity index (χ1) is 8.57. The van der Waals surface area contributed by atoms with E-state index in [1.807, 2.05) is 0 Å². The SMILES string of the molecule is O=C(O)Cc1cccc(OCC2(O)CCCC2)c1. The number of aliphatic hydroxyl groups is 1. The van der Waals surface area contributed by atoms with Crippen molar-refractivity contribution in [2.75, 3.05) is 6.61 Å². The van der Waals surface area contributed by atoms with E-state index >= 15 is 0 Å². The predicted octanol–water partition coefficient (Wildman–Crippen LogP) is 2.00. The maximum absolute atomic E-state index is 10.6. The van der Waals surface area contributed by atoms with E-state index in [4.69, 9.17) is 9.84 Å². The topological polar surface area (TPSA) is 66.8 Å². The van der Waals surface area contributed by atoms with Crippen LogP contribution in [0.4, 0.5) is 0 Å². The van der Waals surface area contributed by atoms with E-state index in [1.165, 1.54) is 0 Å². The molecule has 1 saturated carbocycles. The number of carboxylic acid groups (broad SMARTS) is 1. The van der Waals surface area contributed by atoms with Gasteiger partial charge in [-0.2, -0.15) is 0 Å². The van der Waals surface area contributed by atoms with E-state index in [0.717, 1.165) is 25.7 Å². The van der Waals surface area contributed by atoms with Crippen molar-refractivity contribution in [3.63, 3.8) is 0 Å². The summed E-state index contributed by atoms with van der Waals surface area (Å²) in [6.45, 7) is 0.281. The van der Waals surface area contributed by atoms with Gasteiger partial charge < -0.3 is 14.9 Å². The molecule has 18 heavy (non-hydrogen) atoms. The fourth-order valence-electron chi connectivity index (χ4n) is 2.31. The van der Waals surface area contributed by atoms with Crippen molar-refractivity contribution >= 4 is 5.97 Å². The van der Waals surface area contributed by atoms with Crippen LogP contribution in [0.3, 0.4) is 0 Å². The molecule has 0 bridgehead atoms. The first-order valence-electron chi connectivity index (χ1n) is 6.23. The third-order valence-corrected chi connectivity index (χ3v) is 3.30.